The van der Waals surface area contributed by atoms with E-state index in [2.05, 4.69) is 24.3 Å². The lowest BCUT2D eigenvalue weighted by atomic mass is 9.94. The van der Waals surface area contributed by atoms with Gasteiger partial charge in [0.1, 0.15) is 0 Å². The van der Waals surface area contributed by atoms with E-state index in [1.165, 1.54) is 10.8 Å². The number of fused-ring (bicyclic) bond motifs is 1. The highest BCUT2D eigenvalue weighted by Crippen LogP contribution is 2.33. The Kier molecular flexibility index (Phi) is 3.98. The fraction of sp³-hybridized carbons (Fsp3) is 0.158. The number of nitrogens with two attached hydrogens (primary N) is 1. The van der Waals surface area contributed by atoms with Crippen molar-refractivity contribution in [3.05, 3.63) is 71.8 Å². The van der Waals surface area contributed by atoms with Crippen LogP contribution in [0.15, 0.2) is 60.7 Å². The summed E-state index contributed by atoms with van der Waals surface area (Å²) in [6.07, 6.45) is 0. The van der Waals surface area contributed by atoms with Gasteiger partial charge in [0.15, 0.2) is 11.5 Å². The van der Waals surface area contributed by atoms with E-state index in [1.807, 2.05) is 36.4 Å². The van der Waals surface area contributed by atoms with Crippen molar-refractivity contribution in [1.82, 2.24) is 0 Å². The number of ether oxygens (including phenoxy) is 2. The molecule has 22 heavy (non-hydrogen) atoms. The number of hydrogen-bond donors (Lipinski definition) is 1. The Morgan fingerprint density at radius 1 is 0.818 bits per heavy atom. The first-order valence-electron chi connectivity index (χ1n) is 7.19. The zero-order chi connectivity index (χ0) is 15.5. The van der Waals surface area contributed by atoms with E-state index >= 15 is 0 Å². The number of hydrogen-bond acceptors (Lipinski definition) is 3. The molecule has 3 aromatic rings. The third-order valence-electron chi connectivity index (χ3n) is 3.93. The van der Waals surface area contributed by atoms with Gasteiger partial charge in [0.25, 0.3) is 0 Å². The average molecular weight is 293 g/mol. The van der Waals surface area contributed by atoms with Gasteiger partial charge in [-0.1, -0.05) is 48.5 Å². The number of rotatable bonds is 4. The Bertz CT molecular complexity index is 793. The van der Waals surface area contributed by atoms with E-state index in [1.54, 1.807) is 14.2 Å². The summed E-state index contributed by atoms with van der Waals surface area (Å²) in [5.74, 6) is 1.40. The molecule has 0 saturated heterocycles. The summed E-state index contributed by atoms with van der Waals surface area (Å²) in [5, 5.41) is 2.36. The molecule has 112 valence electrons. The highest BCUT2D eigenvalue weighted by Gasteiger charge is 2.14. The van der Waals surface area contributed by atoms with Gasteiger partial charge in [0, 0.05) is 0 Å². The maximum Gasteiger partial charge on any atom is 0.161 e. The third kappa shape index (κ3) is 2.51. The average Bonchev–Trinajstić information content (AvgIpc) is 2.60. The van der Waals surface area contributed by atoms with Crippen molar-refractivity contribution in [2.24, 2.45) is 5.73 Å². The highest BCUT2D eigenvalue weighted by atomic mass is 16.5. The van der Waals surface area contributed by atoms with Crippen LogP contribution < -0.4 is 15.2 Å². The minimum Gasteiger partial charge on any atom is -0.493 e. The first-order valence-corrected chi connectivity index (χ1v) is 7.19. The molecule has 1 atom stereocenters. The normalized spacial score (nSPS) is 12.1. The van der Waals surface area contributed by atoms with E-state index in [4.69, 9.17) is 15.2 Å². The Morgan fingerprint density at radius 2 is 1.55 bits per heavy atom. The lowest BCUT2D eigenvalue weighted by Crippen LogP contribution is -2.12. The van der Waals surface area contributed by atoms with E-state index in [0.717, 1.165) is 11.1 Å². The molecule has 0 aliphatic carbocycles. The molecule has 3 rings (SSSR count). The molecular formula is C19H19NO2. The Labute approximate surface area is 130 Å². The fourth-order valence-corrected chi connectivity index (χ4v) is 2.75. The van der Waals surface area contributed by atoms with Crippen molar-refractivity contribution in [2.75, 3.05) is 14.2 Å². The van der Waals surface area contributed by atoms with Gasteiger partial charge in [-0.05, 0) is 34.0 Å². The molecule has 3 aromatic carbocycles. The number of benzene rings is 3. The first kappa shape index (κ1) is 14.4. The summed E-state index contributed by atoms with van der Waals surface area (Å²) in [6, 6.07) is 20.1. The van der Waals surface area contributed by atoms with Crippen LogP contribution in [-0.4, -0.2) is 14.2 Å². The van der Waals surface area contributed by atoms with Gasteiger partial charge in [-0.15, -0.1) is 0 Å². The van der Waals surface area contributed by atoms with E-state index in [9.17, 15) is 0 Å². The standard InChI is InChI=1S/C19H19NO2/c1-21-17-11-10-14(12-18(17)22-2)19(20)16-9-5-7-13-6-3-4-8-15(13)16/h3-12,19H,20H2,1-2H3. The van der Waals surface area contributed by atoms with Crippen LogP contribution in [0.5, 0.6) is 11.5 Å². The van der Waals surface area contributed by atoms with Crippen LogP contribution in [0.25, 0.3) is 10.8 Å². The Morgan fingerprint density at radius 3 is 2.32 bits per heavy atom. The number of methoxy groups -OCH3 is 2. The van der Waals surface area contributed by atoms with Gasteiger partial charge in [0.05, 0.1) is 20.3 Å². The molecule has 0 heterocycles. The fourth-order valence-electron chi connectivity index (χ4n) is 2.75. The van der Waals surface area contributed by atoms with Gasteiger partial charge in [-0.25, -0.2) is 0 Å². The molecule has 0 amide bonds. The van der Waals surface area contributed by atoms with Crippen molar-refractivity contribution in [3.8, 4) is 11.5 Å². The minimum absolute atomic E-state index is 0.217. The molecule has 0 bridgehead atoms. The lowest BCUT2D eigenvalue weighted by Gasteiger charge is -2.17. The first-order chi connectivity index (χ1) is 10.7. The smallest absolute Gasteiger partial charge is 0.161 e. The monoisotopic (exact) mass is 293 g/mol. The molecule has 0 radical (unpaired) electrons. The molecule has 3 heteroatoms. The molecule has 0 aromatic heterocycles. The van der Waals surface area contributed by atoms with Crippen LogP contribution in [0.1, 0.15) is 17.2 Å². The van der Waals surface area contributed by atoms with E-state index in [-0.39, 0.29) is 6.04 Å². The highest BCUT2D eigenvalue weighted by molar-refractivity contribution is 5.86. The van der Waals surface area contributed by atoms with Crippen molar-refractivity contribution >= 4 is 10.8 Å². The molecule has 0 aliphatic rings. The van der Waals surface area contributed by atoms with Crippen LogP contribution in [-0.2, 0) is 0 Å². The predicted octanol–water partition coefficient (Wildman–Crippen LogP) is 3.91. The topological polar surface area (TPSA) is 44.5 Å². The SMILES string of the molecule is COc1ccc(C(N)c2cccc3ccccc23)cc1OC. The second kappa shape index (κ2) is 6.08. The van der Waals surface area contributed by atoms with E-state index < -0.39 is 0 Å². The molecule has 0 spiro atoms. The summed E-state index contributed by atoms with van der Waals surface area (Å²) in [4.78, 5) is 0. The van der Waals surface area contributed by atoms with Gasteiger partial charge in [-0.2, -0.15) is 0 Å². The molecule has 0 fully saturated rings. The molecular weight excluding hydrogens is 274 g/mol. The predicted molar refractivity (Wildman–Crippen MR) is 89.5 cm³/mol. The van der Waals surface area contributed by atoms with E-state index in [0.29, 0.717) is 11.5 Å². The summed E-state index contributed by atoms with van der Waals surface area (Å²) in [7, 11) is 3.26. The summed E-state index contributed by atoms with van der Waals surface area (Å²) in [5.41, 5.74) is 8.60. The van der Waals surface area contributed by atoms with Crippen molar-refractivity contribution in [2.45, 2.75) is 6.04 Å². The Hall–Kier alpha value is -2.52. The van der Waals surface area contributed by atoms with Crippen LogP contribution in [0, 0.1) is 0 Å². The van der Waals surface area contributed by atoms with Crippen LogP contribution in [0.3, 0.4) is 0 Å². The van der Waals surface area contributed by atoms with Crippen molar-refractivity contribution < 1.29 is 9.47 Å². The summed E-state index contributed by atoms with van der Waals surface area (Å²) < 4.78 is 10.7. The summed E-state index contributed by atoms with van der Waals surface area (Å²) >= 11 is 0. The zero-order valence-corrected chi connectivity index (χ0v) is 12.7. The van der Waals surface area contributed by atoms with Crippen molar-refractivity contribution in [1.29, 1.82) is 0 Å². The maximum atomic E-state index is 6.50. The van der Waals surface area contributed by atoms with Crippen LogP contribution in [0.2, 0.25) is 0 Å². The lowest BCUT2D eigenvalue weighted by molar-refractivity contribution is 0.354. The molecule has 0 aliphatic heterocycles. The third-order valence-corrected chi connectivity index (χ3v) is 3.93. The quantitative estimate of drug-likeness (QED) is 0.793. The zero-order valence-electron chi connectivity index (χ0n) is 12.7. The molecule has 3 nitrogen and oxygen atoms in total. The Balaban J connectivity index is 2.08. The van der Waals surface area contributed by atoms with Gasteiger partial charge >= 0.3 is 0 Å². The van der Waals surface area contributed by atoms with Crippen LogP contribution >= 0.6 is 0 Å². The molecule has 2 N–H and O–H groups in total. The molecule has 0 saturated carbocycles. The minimum atomic E-state index is -0.217. The maximum absolute atomic E-state index is 6.50. The van der Waals surface area contributed by atoms with Crippen LogP contribution in [0.4, 0.5) is 0 Å². The van der Waals surface area contributed by atoms with Gasteiger partial charge in [-0.3, -0.25) is 0 Å². The second-order valence-corrected chi connectivity index (χ2v) is 5.16. The molecule has 1 unspecified atom stereocenters. The largest absolute Gasteiger partial charge is 0.493 e. The van der Waals surface area contributed by atoms with Gasteiger partial charge < -0.3 is 15.2 Å². The summed E-state index contributed by atoms with van der Waals surface area (Å²) in [6.45, 7) is 0. The van der Waals surface area contributed by atoms with Gasteiger partial charge in [0.2, 0.25) is 0 Å². The van der Waals surface area contributed by atoms with Crippen molar-refractivity contribution in [3.63, 3.8) is 0 Å². The second-order valence-electron chi connectivity index (χ2n) is 5.16.